The highest BCUT2D eigenvalue weighted by molar-refractivity contribution is 6.34. The first-order chi connectivity index (χ1) is 9.25. The fraction of sp³-hybridized carbons (Fsp3) is 0. The zero-order valence-corrected chi connectivity index (χ0v) is 10.6. The van der Waals surface area contributed by atoms with E-state index >= 15 is 0 Å². The molecule has 0 aliphatic heterocycles. The number of benzene rings is 1. The van der Waals surface area contributed by atoms with Crippen molar-refractivity contribution in [1.82, 2.24) is 9.97 Å². The van der Waals surface area contributed by atoms with Gasteiger partial charge in [0.05, 0.1) is 10.5 Å². The smallest absolute Gasteiger partial charge is 0.194 e. The van der Waals surface area contributed by atoms with E-state index in [1.54, 1.807) is 24.5 Å². The monoisotopic (exact) mass is 268 g/mol. The number of nitrogens with zero attached hydrogens (tertiary/aromatic N) is 2. The molecule has 92 valence electrons. The number of rotatable bonds is 2. The van der Waals surface area contributed by atoms with Gasteiger partial charge in [-0.2, -0.15) is 0 Å². The van der Waals surface area contributed by atoms with E-state index < -0.39 is 0 Å². The molecular formula is C15H9ClN2O. The zero-order chi connectivity index (χ0) is 13.2. The second-order valence-electron chi connectivity index (χ2n) is 4.10. The third kappa shape index (κ3) is 2.20. The van der Waals surface area contributed by atoms with Crippen LogP contribution >= 0.6 is 11.6 Å². The summed E-state index contributed by atoms with van der Waals surface area (Å²) in [6.45, 7) is 0. The van der Waals surface area contributed by atoms with Gasteiger partial charge in [-0.3, -0.25) is 14.8 Å². The summed E-state index contributed by atoms with van der Waals surface area (Å²) in [6, 6.07) is 10.8. The normalized spacial score (nSPS) is 10.6. The molecule has 0 bridgehead atoms. The van der Waals surface area contributed by atoms with E-state index in [9.17, 15) is 4.79 Å². The molecule has 0 fully saturated rings. The average molecular weight is 269 g/mol. The summed E-state index contributed by atoms with van der Waals surface area (Å²) in [5.74, 6) is -0.113. The van der Waals surface area contributed by atoms with E-state index in [2.05, 4.69) is 9.97 Å². The van der Waals surface area contributed by atoms with Gasteiger partial charge in [0.2, 0.25) is 0 Å². The van der Waals surface area contributed by atoms with Gasteiger partial charge < -0.3 is 0 Å². The summed E-state index contributed by atoms with van der Waals surface area (Å²) in [6.07, 6.45) is 4.75. The van der Waals surface area contributed by atoms with Crippen LogP contribution in [0.25, 0.3) is 10.9 Å². The van der Waals surface area contributed by atoms with Gasteiger partial charge in [0.15, 0.2) is 5.78 Å². The lowest BCUT2D eigenvalue weighted by molar-refractivity contribution is 0.103. The Morgan fingerprint density at radius 1 is 1.11 bits per heavy atom. The molecule has 0 saturated carbocycles. The Morgan fingerprint density at radius 2 is 2.00 bits per heavy atom. The SMILES string of the molecule is O=C(c1ccc2ncccc2c1)c1ccncc1Cl. The summed E-state index contributed by atoms with van der Waals surface area (Å²) in [5, 5.41) is 1.29. The molecule has 0 unspecified atom stereocenters. The van der Waals surface area contributed by atoms with E-state index in [1.807, 2.05) is 24.3 Å². The van der Waals surface area contributed by atoms with Crippen LogP contribution in [0.5, 0.6) is 0 Å². The van der Waals surface area contributed by atoms with E-state index in [4.69, 9.17) is 11.6 Å². The van der Waals surface area contributed by atoms with Crippen molar-refractivity contribution in [2.75, 3.05) is 0 Å². The van der Waals surface area contributed by atoms with Crippen molar-refractivity contribution in [1.29, 1.82) is 0 Å². The maximum atomic E-state index is 12.4. The van der Waals surface area contributed by atoms with Gasteiger partial charge in [0.1, 0.15) is 0 Å². The summed E-state index contributed by atoms with van der Waals surface area (Å²) in [4.78, 5) is 20.5. The molecule has 0 N–H and O–H groups in total. The van der Waals surface area contributed by atoms with Crippen LogP contribution in [-0.2, 0) is 0 Å². The maximum absolute atomic E-state index is 12.4. The number of hydrogen-bond donors (Lipinski definition) is 0. The van der Waals surface area contributed by atoms with Crippen LogP contribution in [0.4, 0.5) is 0 Å². The number of halogens is 1. The van der Waals surface area contributed by atoms with E-state index in [0.29, 0.717) is 16.1 Å². The van der Waals surface area contributed by atoms with Crippen molar-refractivity contribution in [2.24, 2.45) is 0 Å². The molecule has 0 saturated heterocycles. The molecular weight excluding hydrogens is 260 g/mol. The second-order valence-corrected chi connectivity index (χ2v) is 4.50. The van der Waals surface area contributed by atoms with Gasteiger partial charge in [-0.25, -0.2) is 0 Å². The van der Waals surface area contributed by atoms with Gasteiger partial charge in [-0.05, 0) is 30.3 Å². The highest BCUT2D eigenvalue weighted by atomic mass is 35.5. The lowest BCUT2D eigenvalue weighted by atomic mass is 10.0. The molecule has 2 aromatic heterocycles. The van der Waals surface area contributed by atoms with Crippen molar-refractivity contribution < 1.29 is 4.79 Å². The van der Waals surface area contributed by atoms with Crippen LogP contribution in [0.3, 0.4) is 0 Å². The van der Waals surface area contributed by atoms with E-state index in [0.717, 1.165) is 10.9 Å². The Kier molecular flexibility index (Phi) is 2.97. The molecule has 0 spiro atoms. The number of ketones is 1. The Labute approximate surface area is 114 Å². The summed E-state index contributed by atoms with van der Waals surface area (Å²) < 4.78 is 0. The van der Waals surface area contributed by atoms with E-state index in [-0.39, 0.29) is 5.78 Å². The minimum atomic E-state index is -0.113. The Bertz CT molecular complexity index is 771. The highest BCUT2D eigenvalue weighted by Gasteiger charge is 2.13. The lowest BCUT2D eigenvalue weighted by Gasteiger charge is -2.04. The number of carbonyl (C=O) groups excluding carboxylic acids is 1. The van der Waals surface area contributed by atoms with Crippen molar-refractivity contribution in [2.45, 2.75) is 0 Å². The predicted molar refractivity (Wildman–Crippen MR) is 74.4 cm³/mol. The van der Waals surface area contributed by atoms with Gasteiger partial charge in [0.25, 0.3) is 0 Å². The molecule has 3 rings (SSSR count). The second kappa shape index (κ2) is 4.78. The fourth-order valence-corrected chi connectivity index (χ4v) is 2.14. The predicted octanol–water partition coefficient (Wildman–Crippen LogP) is 3.51. The molecule has 3 aromatic rings. The van der Waals surface area contributed by atoms with Crippen molar-refractivity contribution >= 4 is 28.3 Å². The maximum Gasteiger partial charge on any atom is 0.194 e. The van der Waals surface area contributed by atoms with Crippen LogP contribution in [0, 0.1) is 0 Å². The number of carbonyl (C=O) groups is 1. The van der Waals surface area contributed by atoms with Gasteiger partial charge in [-0.15, -0.1) is 0 Å². The van der Waals surface area contributed by atoms with Crippen LogP contribution < -0.4 is 0 Å². The highest BCUT2D eigenvalue weighted by Crippen LogP contribution is 2.20. The lowest BCUT2D eigenvalue weighted by Crippen LogP contribution is -2.02. The third-order valence-corrected chi connectivity index (χ3v) is 3.18. The zero-order valence-electron chi connectivity index (χ0n) is 9.88. The first-order valence-electron chi connectivity index (χ1n) is 5.75. The Balaban J connectivity index is 2.09. The average Bonchev–Trinajstić information content (AvgIpc) is 2.46. The van der Waals surface area contributed by atoms with Crippen LogP contribution in [0.15, 0.2) is 55.0 Å². The number of aromatic nitrogens is 2. The van der Waals surface area contributed by atoms with E-state index in [1.165, 1.54) is 6.20 Å². The molecule has 0 atom stereocenters. The molecule has 0 aliphatic rings. The summed E-state index contributed by atoms with van der Waals surface area (Å²) in [7, 11) is 0. The van der Waals surface area contributed by atoms with Gasteiger partial charge in [-0.1, -0.05) is 17.7 Å². The first kappa shape index (κ1) is 11.8. The molecule has 0 radical (unpaired) electrons. The van der Waals surface area contributed by atoms with Crippen molar-refractivity contribution in [3.05, 3.63) is 71.1 Å². The largest absolute Gasteiger partial charge is 0.289 e. The first-order valence-corrected chi connectivity index (χ1v) is 6.12. The number of fused-ring (bicyclic) bond motifs is 1. The number of pyridine rings is 2. The quantitative estimate of drug-likeness (QED) is 0.668. The molecule has 19 heavy (non-hydrogen) atoms. The molecule has 3 nitrogen and oxygen atoms in total. The Hall–Kier alpha value is -2.26. The summed E-state index contributed by atoms with van der Waals surface area (Å²) in [5.41, 5.74) is 1.91. The van der Waals surface area contributed by atoms with Gasteiger partial charge >= 0.3 is 0 Å². The molecule has 1 aromatic carbocycles. The Morgan fingerprint density at radius 3 is 2.84 bits per heavy atom. The third-order valence-electron chi connectivity index (χ3n) is 2.88. The van der Waals surface area contributed by atoms with Crippen LogP contribution in [0.2, 0.25) is 5.02 Å². The van der Waals surface area contributed by atoms with Gasteiger partial charge in [0, 0.05) is 35.1 Å². The molecule has 0 amide bonds. The minimum absolute atomic E-state index is 0.113. The number of hydrogen-bond acceptors (Lipinski definition) is 3. The van der Waals surface area contributed by atoms with Crippen LogP contribution in [-0.4, -0.2) is 15.8 Å². The van der Waals surface area contributed by atoms with Crippen LogP contribution in [0.1, 0.15) is 15.9 Å². The molecule has 0 aliphatic carbocycles. The van der Waals surface area contributed by atoms with Crippen molar-refractivity contribution in [3.63, 3.8) is 0 Å². The molecule has 4 heteroatoms. The summed E-state index contributed by atoms with van der Waals surface area (Å²) >= 11 is 5.99. The fourth-order valence-electron chi connectivity index (χ4n) is 1.93. The standard InChI is InChI=1S/C15H9ClN2O/c16-13-9-17-7-5-12(13)15(19)11-3-4-14-10(8-11)2-1-6-18-14/h1-9H. The topological polar surface area (TPSA) is 42.9 Å². The minimum Gasteiger partial charge on any atom is -0.289 e. The van der Waals surface area contributed by atoms with Crippen molar-refractivity contribution in [3.8, 4) is 0 Å². The molecule has 2 heterocycles.